The lowest BCUT2D eigenvalue weighted by Crippen LogP contribution is -1.46. The van der Waals surface area contributed by atoms with E-state index in [4.69, 9.17) is 0 Å². The molecule has 0 N–H and O–H groups in total. The van der Waals surface area contributed by atoms with Crippen LogP contribution in [0.4, 0.5) is 0 Å². The maximum Gasteiger partial charge on any atom is 0.301 e. The molecule has 6 heavy (non-hydrogen) atoms. The fraction of sp³-hybridized carbons (Fsp3) is 0. The third kappa shape index (κ3) is 0.463. The Kier molecular flexibility index (Phi) is 0.719. The summed E-state index contributed by atoms with van der Waals surface area (Å²) in [6.45, 7) is 0. The van der Waals surface area contributed by atoms with Gasteiger partial charge in [-0.2, -0.15) is 4.37 Å². The van der Waals surface area contributed by atoms with Crippen LogP contribution in [0.1, 0.15) is 0 Å². The molecule has 0 atom stereocenters. The Morgan fingerprint density at radius 3 is 2.83 bits per heavy atom. The minimum atomic E-state index is -0.250. The van der Waals surface area contributed by atoms with E-state index in [2.05, 4.69) is 8.75 Å². The van der Waals surface area contributed by atoms with E-state index >= 15 is 0 Å². The second-order valence-electron chi connectivity index (χ2n) is 0.746. The lowest BCUT2D eigenvalue weighted by Gasteiger charge is -1.55. The zero-order valence-corrected chi connectivity index (χ0v) is 3.60. The summed E-state index contributed by atoms with van der Waals surface area (Å²) in [5.41, 5.74) is 0. The van der Waals surface area contributed by atoms with Crippen molar-refractivity contribution in [1.82, 2.24) is 8.75 Å². The van der Waals surface area contributed by atoms with Gasteiger partial charge in [0.2, 0.25) is 0 Å². The Labute approximate surface area is 38.6 Å². The largest absolute Gasteiger partial charge is 0.301 e. The van der Waals surface area contributed by atoms with Crippen molar-refractivity contribution in [2.75, 3.05) is 0 Å². The van der Waals surface area contributed by atoms with Crippen LogP contribution in [0.5, 0.6) is 5.88 Å². The molecule has 4 heteroatoms. The Balaban J connectivity index is 3.05. The molecule has 1 aromatic rings. The van der Waals surface area contributed by atoms with Crippen LogP contribution >= 0.6 is 11.7 Å². The predicted molar refractivity (Wildman–Crippen MR) is 20.0 cm³/mol. The Hall–Kier alpha value is -0.640. The van der Waals surface area contributed by atoms with E-state index in [1.54, 1.807) is 0 Å². The van der Waals surface area contributed by atoms with Crippen molar-refractivity contribution in [2.45, 2.75) is 0 Å². The molecule has 0 amide bonds. The van der Waals surface area contributed by atoms with Gasteiger partial charge in [-0.05, 0) is 0 Å². The van der Waals surface area contributed by atoms with Crippen molar-refractivity contribution in [3.05, 3.63) is 6.20 Å². The molecule has 0 saturated heterocycles. The normalized spacial score (nSPS) is 8.67. The number of nitrogens with zero attached hydrogens (tertiary/aromatic N) is 2. The van der Waals surface area contributed by atoms with Crippen molar-refractivity contribution < 1.29 is 5.11 Å². The van der Waals surface area contributed by atoms with Gasteiger partial charge in [0.25, 0.3) is 0 Å². The van der Waals surface area contributed by atoms with E-state index in [1.165, 1.54) is 6.20 Å². The summed E-state index contributed by atoms with van der Waals surface area (Å²) >= 11 is 0.927. The van der Waals surface area contributed by atoms with Crippen LogP contribution in [0, 0.1) is 0 Å². The molecule has 0 aliphatic rings. The molecule has 0 aromatic carbocycles. The second kappa shape index (κ2) is 1.22. The second-order valence-corrected chi connectivity index (χ2v) is 1.30. The Morgan fingerprint density at radius 2 is 2.67 bits per heavy atom. The SMILES string of the molecule is [O]c1cnsn1. The smallest absolute Gasteiger partial charge is 0.265 e. The van der Waals surface area contributed by atoms with Gasteiger partial charge in [-0.3, -0.25) is 5.11 Å². The van der Waals surface area contributed by atoms with Crippen LogP contribution in [-0.2, 0) is 5.11 Å². The average Bonchev–Trinajstić information content (AvgIpc) is 1.86. The van der Waals surface area contributed by atoms with Crippen LogP contribution in [0.15, 0.2) is 6.20 Å². The van der Waals surface area contributed by atoms with E-state index in [-0.39, 0.29) is 5.88 Å². The first-order chi connectivity index (χ1) is 2.89. The molecule has 31 valence electrons. The maximum atomic E-state index is 9.91. The lowest BCUT2D eigenvalue weighted by molar-refractivity contribution is 0.341. The topological polar surface area (TPSA) is 45.7 Å². The highest BCUT2D eigenvalue weighted by atomic mass is 32.1. The van der Waals surface area contributed by atoms with Crippen molar-refractivity contribution in [1.29, 1.82) is 0 Å². The van der Waals surface area contributed by atoms with Gasteiger partial charge in [-0.25, -0.2) is 0 Å². The predicted octanol–water partition coefficient (Wildman–Crippen LogP) is 0.682. The minimum absolute atomic E-state index is 0.250. The van der Waals surface area contributed by atoms with Gasteiger partial charge in [-0.1, -0.05) is 0 Å². The fourth-order valence-corrected chi connectivity index (χ4v) is 0.468. The van der Waals surface area contributed by atoms with E-state index < -0.39 is 0 Å². The maximum absolute atomic E-state index is 9.91. The molecule has 0 aliphatic heterocycles. The van der Waals surface area contributed by atoms with Crippen LogP contribution in [0.3, 0.4) is 0 Å². The molecule has 0 saturated carbocycles. The van der Waals surface area contributed by atoms with Gasteiger partial charge in [0.15, 0.2) is 0 Å². The molecule has 1 aromatic heterocycles. The lowest BCUT2D eigenvalue weighted by atomic mass is 10.9. The summed E-state index contributed by atoms with van der Waals surface area (Å²) in [4.78, 5) is 0. The molecule has 1 radical (unpaired) electrons. The van der Waals surface area contributed by atoms with Crippen LogP contribution in [0.25, 0.3) is 0 Å². The highest BCUT2D eigenvalue weighted by Crippen LogP contribution is 2.00. The van der Waals surface area contributed by atoms with Gasteiger partial charge >= 0.3 is 5.88 Å². The van der Waals surface area contributed by atoms with Gasteiger partial charge in [0.1, 0.15) is 6.20 Å². The zero-order chi connectivity index (χ0) is 4.41. The Bertz CT molecular complexity index is 115. The standard InChI is InChI=1S/C2HN2OS/c5-2-1-3-6-4-2/h1H. The van der Waals surface area contributed by atoms with Crippen molar-refractivity contribution in [3.8, 4) is 5.88 Å². The average molecular weight is 101 g/mol. The first-order valence-corrected chi connectivity index (χ1v) is 2.07. The van der Waals surface area contributed by atoms with Crippen molar-refractivity contribution >= 4 is 11.7 Å². The molecule has 0 fully saturated rings. The third-order valence-electron chi connectivity index (χ3n) is 0.341. The van der Waals surface area contributed by atoms with Crippen molar-refractivity contribution in [3.63, 3.8) is 0 Å². The molecular formula is C2HN2OS. The molecule has 1 heterocycles. The minimum Gasteiger partial charge on any atom is -0.265 e. The van der Waals surface area contributed by atoms with Crippen LogP contribution in [-0.4, -0.2) is 8.75 Å². The van der Waals surface area contributed by atoms with E-state index in [1.807, 2.05) is 0 Å². The molecule has 1 rings (SSSR count). The molecule has 0 bridgehead atoms. The quantitative estimate of drug-likeness (QED) is 0.482. The molecule has 0 unspecified atom stereocenters. The van der Waals surface area contributed by atoms with Crippen LogP contribution in [0.2, 0.25) is 0 Å². The molecule has 0 aliphatic carbocycles. The number of rotatable bonds is 0. The van der Waals surface area contributed by atoms with Crippen molar-refractivity contribution in [2.24, 2.45) is 0 Å². The summed E-state index contributed by atoms with van der Waals surface area (Å²) in [7, 11) is 0. The van der Waals surface area contributed by atoms with E-state index in [9.17, 15) is 5.11 Å². The van der Waals surface area contributed by atoms with E-state index in [0.29, 0.717) is 0 Å². The summed E-state index contributed by atoms with van der Waals surface area (Å²) in [6, 6.07) is 0. The molecular weight excluding hydrogens is 100 g/mol. The first kappa shape index (κ1) is 3.55. The first-order valence-electron chi connectivity index (χ1n) is 1.34. The monoisotopic (exact) mass is 101 g/mol. The summed E-state index contributed by atoms with van der Waals surface area (Å²) < 4.78 is 6.73. The van der Waals surface area contributed by atoms with E-state index in [0.717, 1.165) is 11.7 Å². The Morgan fingerprint density at radius 1 is 1.83 bits per heavy atom. The summed E-state index contributed by atoms with van der Waals surface area (Å²) in [5, 5.41) is 9.91. The molecule has 3 nitrogen and oxygen atoms in total. The van der Waals surface area contributed by atoms with Crippen LogP contribution < -0.4 is 0 Å². The van der Waals surface area contributed by atoms with Gasteiger partial charge < -0.3 is 0 Å². The molecule has 0 spiro atoms. The third-order valence-corrected chi connectivity index (χ3v) is 0.802. The fourth-order valence-electron chi connectivity index (χ4n) is 0.156. The summed E-state index contributed by atoms with van der Waals surface area (Å²) in [5.74, 6) is -0.250. The van der Waals surface area contributed by atoms with Gasteiger partial charge in [0, 0.05) is 0 Å². The zero-order valence-electron chi connectivity index (χ0n) is 2.79. The highest BCUT2D eigenvalue weighted by Gasteiger charge is 1.85. The number of aromatic nitrogens is 2. The number of hydrogen-bond donors (Lipinski definition) is 0. The summed E-state index contributed by atoms with van der Waals surface area (Å²) in [6.07, 6.45) is 1.19. The van der Waals surface area contributed by atoms with Gasteiger partial charge in [0.05, 0.1) is 11.7 Å². The van der Waals surface area contributed by atoms with Gasteiger partial charge in [-0.15, -0.1) is 4.37 Å². The highest BCUT2D eigenvalue weighted by molar-refractivity contribution is 6.99. The number of hydrogen-bond acceptors (Lipinski definition) is 3.